The minimum Gasteiger partial charge on any atom is -0.338 e. The lowest BCUT2D eigenvalue weighted by Gasteiger charge is -2.36. The van der Waals surface area contributed by atoms with Crippen LogP contribution >= 0.6 is 0 Å². The van der Waals surface area contributed by atoms with E-state index in [4.69, 9.17) is 17.8 Å². The zero-order chi connectivity index (χ0) is 32.1. The van der Waals surface area contributed by atoms with Gasteiger partial charge in [-0.25, -0.2) is 18.2 Å². The number of ether oxygens (including phenoxy) is 2. The fraction of sp³-hybridized carbons (Fsp3) is 0.667. The number of fused-ring (bicyclic) bond motifs is 2. The maximum Gasteiger partial charge on any atom is 0.406 e. The van der Waals surface area contributed by atoms with E-state index in [1.807, 2.05) is 34.1 Å². The molecule has 2 aliphatic rings. The van der Waals surface area contributed by atoms with Crippen LogP contribution in [0.1, 0.15) is 101 Å². The van der Waals surface area contributed by atoms with Gasteiger partial charge in [0, 0.05) is 26.2 Å². The third kappa shape index (κ3) is 11.1. The molecule has 2 heterocycles. The summed E-state index contributed by atoms with van der Waals surface area (Å²) in [6.45, 7) is 11.9. The van der Waals surface area contributed by atoms with Crippen LogP contribution in [0.5, 0.6) is 0 Å². The minimum absolute atomic E-state index is 0.329. The van der Waals surface area contributed by atoms with Crippen molar-refractivity contribution in [1.82, 2.24) is 9.80 Å². The SMILES string of the molecule is CCCCC(CC)COC(OS(=O)(=O)OC(OCC(CC)CCCC)N1CCc2ccccc2C1)N1CCc2ccccc2C1. The molecular formula is C36H56N2O6S. The van der Waals surface area contributed by atoms with Crippen LogP contribution in [0.15, 0.2) is 48.5 Å². The summed E-state index contributed by atoms with van der Waals surface area (Å²) in [6, 6.07) is 16.5. The zero-order valence-corrected chi connectivity index (χ0v) is 28.8. The van der Waals surface area contributed by atoms with Crippen molar-refractivity contribution in [2.45, 2.75) is 118 Å². The Labute approximate surface area is 272 Å². The van der Waals surface area contributed by atoms with Crippen molar-refractivity contribution in [3.8, 4) is 0 Å². The average molecular weight is 645 g/mol. The van der Waals surface area contributed by atoms with Crippen LogP contribution in [0, 0.1) is 11.8 Å². The Balaban J connectivity index is 1.51. The van der Waals surface area contributed by atoms with Crippen LogP contribution in [0.4, 0.5) is 0 Å². The molecule has 0 bridgehead atoms. The number of hydrogen-bond acceptors (Lipinski definition) is 8. The van der Waals surface area contributed by atoms with E-state index in [9.17, 15) is 8.42 Å². The fourth-order valence-electron chi connectivity index (χ4n) is 6.24. The zero-order valence-electron chi connectivity index (χ0n) is 28.0. The van der Waals surface area contributed by atoms with Gasteiger partial charge in [0.2, 0.25) is 12.8 Å². The first-order valence-electron chi connectivity index (χ1n) is 17.3. The summed E-state index contributed by atoms with van der Waals surface area (Å²) >= 11 is 0. The first-order valence-corrected chi connectivity index (χ1v) is 18.6. The highest BCUT2D eigenvalue weighted by atomic mass is 32.3. The molecule has 8 nitrogen and oxygen atoms in total. The standard InChI is InChI=1S/C36H56N2O6S/c1-5-9-15-29(7-3)27-41-35(37-23-21-31-17-11-13-19-33(31)25-37)43-45(39,40)44-36(42-28-30(8-4)16-10-6-2)38-24-22-32-18-12-14-20-34(32)26-38/h11-14,17-20,29-30,35-36H,5-10,15-16,21-28H2,1-4H3. The van der Waals surface area contributed by atoms with Gasteiger partial charge in [0.1, 0.15) is 0 Å². The normalized spacial score (nSPS) is 18.6. The Hall–Kier alpha value is -1.85. The van der Waals surface area contributed by atoms with E-state index in [1.165, 1.54) is 11.1 Å². The highest BCUT2D eigenvalue weighted by molar-refractivity contribution is 7.81. The summed E-state index contributed by atoms with van der Waals surface area (Å²) in [5.74, 6) is 0.658. The van der Waals surface area contributed by atoms with E-state index in [1.54, 1.807) is 0 Å². The van der Waals surface area contributed by atoms with Gasteiger partial charge in [-0.1, -0.05) is 115 Å². The molecule has 2 aromatic rings. The Bertz CT molecular complexity index is 1170. The van der Waals surface area contributed by atoms with E-state index >= 15 is 0 Å². The molecule has 0 spiro atoms. The van der Waals surface area contributed by atoms with Crippen molar-refractivity contribution < 1.29 is 26.3 Å². The Morgan fingerprint density at radius 3 is 1.42 bits per heavy atom. The average Bonchev–Trinajstić information content (AvgIpc) is 3.06. The highest BCUT2D eigenvalue weighted by Gasteiger charge is 2.35. The van der Waals surface area contributed by atoms with E-state index < -0.39 is 23.2 Å². The maximum absolute atomic E-state index is 13.7. The number of hydrogen-bond donors (Lipinski definition) is 0. The van der Waals surface area contributed by atoms with Gasteiger partial charge in [-0.05, 0) is 59.8 Å². The van der Waals surface area contributed by atoms with Crippen molar-refractivity contribution >= 4 is 10.4 Å². The summed E-state index contributed by atoms with van der Waals surface area (Å²) in [4.78, 5) is 3.92. The van der Waals surface area contributed by atoms with Crippen LogP contribution in [0.2, 0.25) is 0 Å². The molecule has 252 valence electrons. The Morgan fingerprint density at radius 2 is 1.04 bits per heavy atom. The largest absolute Gasteiger partial charge is 0.406 e. The summed E-state index contributed by atoms with van der Waals surface area (Å²) < 4.78 is 51.8. The van der Waals surface area contributed by atoms with Gasteiger partial charge in [0.15, 0.2) is 0 Å². The molecule has 4 rings (SSSR count). The molecule has 2 aromatic carbocycles. The van der Waals surface area contributed by atoms with Crippen LogP contribution < -0.4 is 0 Å². The van der Waals surface area contributed by atoms with Crippen molar-refractivity contribution in [2.75, 3.05) is 26.3 Å². The highest BCUT2D eigenvalue weighted by Crippen LogP contribution is 2.27. The topological polar surface area (TPSA) is 77.5 Å². The lowest BCUT2D eigenvalue weighted by molar-refractivity contribution is -0.213. The second-order valence-corrected chi connectivity index (χ2v) is 13.9. The molecule has 0 fully saturated rings. The van der Waals surface area contributed by atoms with Crippen LogP contribution in [-0.2, 0) is 54.2 Å². The first kappa shape index (κ1) is 36.0. The number of benzene rings is 2. The monoisotopic (exact) mass is 644 g/mol. The summed E-state index contributed by atoms with van der Waals surface area (Å²) in [7, 11) is -4.51. The van der Waals surface area contributed by atoms with Gasteiger partial charge in [-0.2, -0.15) is 8.42 Å². The summed E-state index contributed by atoms with van der Waals surface area (Å²) in [5.41, 5.74) is 4.85. The lowest BCUT2D eigenvalue weighted by Crippen LogP contribution is -2.47. The van der Waals surface area contributed by atoms with Crippen molar-refractivity contribution in [2.24, 2.45) is 11.8 Å². The molecule has 0 aromatic heterocycles. The van der Waals surface area contributed by atoms with Gasteiger partial charge in [-0.3, -0.25) is 0 Å². The molecule has 9 heteroatoms. The predicted molar refractivity (Wildman–Crippen MR) is 178 cm³/mol. The molecule has 0 N–H and O–H groups in total. The fourth-order valence-corrected chi connectivity index (χ4v) is 7.04. The molecule has 0 saturated carbocycles. The van der Waals surface area contributed by atoms with Crippen LogP contribution in [0.3, 0.4) is 0 Å². The second-order valence-electron chi connectivity index (χ2n) is 12.7. The maximum atomic E-state index is 13.7. The third-order valence-electron chi connectivity index (χ3n) is 9.35. The Kier molecular flexibility index (Phi) is 14.8. The second kappa shape index (κ2) is 18.5. The van der Waals surface area contributed by atoms with Gasteiger partial charge < -0.3 is 9.47 Å². The number of rotatable bonds is 20. The number of unbranched alkanes of at least 4 members (excludes halogenated alkanes) is 2. The molecule has 0 radical (unpaired) electrons. The lowest BCUT2D eigenvalue weighted by atomic mass is 10.00. The van der Waals surface area contributed by atoms with Crippen molar-refractivity contribution in [1.29, 1.82) is 0 Å². The molecule has 0 aliphatic carbocycles. The quantitative estimate of drug-likeness (QED) is 0.138. The van der Waals surface area contributed by atoms with Gasteiger partial charge in [0.05, 0.1) is 13.2 Å². The van der Waals surface area contributed by atoms with Crippen molar-refractivity contribution in [3.05, 3.63) is 70.8 Å². The Morgan fingerprint density at radius 1 is 0.644 bits per heavy atom. The molecule has 2 aliphatic heterocycles. The molecule has 0 amide bonds. The smallest absolute Gasteiger partial charge is 0.338 e. The molecular weight excluding hydrogens is 588 g/mol. The summed E-state index contributed by atoms with van der Waals surface area (Å²) in [5, 5.41) is 0. The van der Waals surface area contributed by atoms with Gasteiger partial charge >= 0.3 is 10.4 Å². The number of nitrogens with zero attached hydrogens (tertiary/aromatic N) is 2. The van der Waals surface area contributed by atoms with Crippen molar-refractivity contribution in [3.63, 3.8) is 0 Å². The van der Waals surface area contributed by atoms with Crippen LogP contribution in [-0.4, -0.2) is 57.3 Å². The van der Waals surface area contributed by atoms with E-state index in [-0.39, 0.29) is 0 Å². The summed E-state index contributed by atoms with van der Waals surface area (Å²) in [6.07, 6.45) is 7.85. The van der Waals surface area contributed by atoms with E-state index in [2.05, 4.69) is 52.0 Å². The predicted octanol–water partition coefficient (Wildman–Crippen LogP) is 7.41. The third-order valence-corrected chi connectivity index (χ3v) is 10.2. The van der Waals surface area contributed by atoms with Crippen LogP contribution in [0.25, 0.3) is 0 Å². The van der Waals surface area contributed by atoms with Gasteiger partial charge in [-0.15, -0.1) is 0 Å². The van der Waals surface area contributed by atoms with E-state index in [0.29, 0.717) is 51.2 Å². The molecule has 45 heavy (non-hydrogen) atoms. The molecule has 4 atom stereocenters. The first-order chi connectivity index (χ1) is 21.9. The van der Waals surface area contributed by atoms with E-state index in [0.717, 1.165) is 75.3 Å². The molecule has 0 saturated heterocycles. The minimum atomic E-state index is -4.51. The molecule has 4 unspecified atom stereocenters. The van der Waals surface area contributed by atoms with Gasteiger partial charge in [0.25, 0.3) is 0 Å².